The molecule has 0 atom stereocenters. The van der Waals surface area contributed by atoms with E-state index in [1.165, 1.54) is 0 Å². The molecular weight excluding hydrogens is 161 g/mol. The lowest BCUT2D eigenvalue weighted by Crippen LogP contribution is -2.26. The third kappa shape index (κ3) is 1.67. The minimum atomic E-state index is -4.85. The second kappa shape index (κ2) is 2.34. The van der Waals surface area contributed by atoms with Gasteiger partial charge in [-0.2, -0.15) is 13.2 Å². The molecule has 0 aromatic rings. The number of halogens is 3. The Balaban J connectivity index is 4.59. The van der Waals surface area contributed by atoms with Crippen LogP contribution < -0.4 is 0 Å². The predicted molar refractivity (Wildman–Crippen MR) is 21.4 cm³/mol. The molecule has 0 amide bonds. The molecule has 0 bridgehead atoms. The van der Waals surface area contributed by atoms with Crippen LogP contribution in [-0.4, -0.2) is 19.7 Å². The van der Waals surface area contributed by atoms with Gasteiger partial charge < -0.3 is 0 Å². The lowest BCUT2D eigenvalue weighted by molar-refractivity contribution is -0.144. The van der Waals surface area contributed by atoms with Crippen molar-refractivity contribution in [1.82, 2.24) is 0 Å². The van der Waals surface area contributed by atoms with E-state index in [0.717, 1.165) is 0 Å². The molecule has 0 aliphatic heterocycles. The van der Waals surface area contributed by atoms with Crippen LogP contribution in [0.2, 0.25) is 0 Å². The van der Waals surface area contributed by atoms with Crippen molar-refractivity contribution in [3.05, 3.63) is 0 Å². The molecule has 0 saturated carbocycles. The van der Waals surface area contributed by atoms with Gasteiger partial charge in [-0.3, -0.25) is 4.79 Å². The van der Waals surface area contributed by atoms with Gasteiger partial charge >= 0.3 is 11.3 Å². The van der Waals surface area contributed by atoms with Crippen LogP contribution >= 0.6 is 0 Å². The molecule has 0 spiro atoms. The summed E-state index contributed by atoms with van der Waals surface area (Å²) in [5.41, 5.74) is 0. The number of hydrogen-bond donors (Lipinski definition) is 1. The molecule has 0 rings (SSSR count). The van der Waals surface area contributed by atoms with Gasteiger partial charge in [-0.05, 0) is 0 Å². The number of alkyl halides is 2. The van der Waals surface area contributed by atoms with Crippen LogP contribution in [0.25, 0.3) is 0 Å². The molecule has 7 heteroatoms. The number of carbonyl (C=O) groups is 1. The van der Waals surface area contributed by atoms with E-state index in [4.69, 9.17) is 4.79 Å². The minimum absolute atomic E-state index is 3.15. The summed E-state index contributed by atoms with van der Waals surface area (Å²) in [6.45, 7) is 0. The molecule has 9 heavy (non-hydrogen) atoms. The Labute approximate surface area is 49.4 Å². The Hall–Kier alpha value is -0.590. The van der Waals surface area contributed by atoms with Gasteiger partial charge in [0.2, 0.25) is 10.7 Å². The Morgan fingerprint density at radius 3 is 1.67 bits per heavy atom. The van der Waals surface area contributed by atoms with Crippen LogP contribution in [0.5, 0.6) is 0 Å². The molecule has 54 valence electrons. The van der Waals surface area contributed by atoms with Gasteiger partial charge in [0.1, 0.15) is 0 Å². The van der Waals surface area contributed by atoms with Gasteiger partial charge in [-0.1, -0.05) is 0 Å². The first-order chi connectivity index (χ1) is 3.89. The number of thiol groups is 1. The highest BCUT2D eigenvalue weighted by molar-refractivity contribution is 7.74. The highest BCUT2D eigenvalue weighted by Crippen LogP contribution is 2.15. The monoisotopic (exact) mass is 162 g/mol. The highest BCUT2D eigenvalue weighted by Gasteiger charge is 2.43. The van der Waals surface area contributed by atoms with Gasteiger partial charge in [0.05, 0.1) is 0 Å². The fourth-order valence-corrected chi connectivity index (χ4v) is 0.215. The van der Waals surface area contributed by atoms with E-state index in [0.29, 0.717) is 0 Å². The van der Waals surface area contributed by atoms with E-state index < -0.39 is 22.0 Å². The molecule has 0 aliphatic carbocycles. The lowest BCUT2D eigenvalue weighted by Gasteiger charge is -1.97. The quantitative estimate of drug-likeness (QED) is 0.447. The third-order valence-electron chi connectivity index (χ3n) is 0.466. The van der Waals surface area contributed by atoms with Gasteiger partial charge in [-0.25, -0.2) is 8.42 Å². The minimum Gasteiger partial charge on any atom is -0.253 e. The van der Waals surface area contributed by atoms with Gasteiger partial charge in [-0.15, -0.1) is 0 Å². The van der Waals surface area contributed by atoms with Crippen molar-refractivity contribution in [1.29, 1.82) is 0 Å². The third-order valence-corrected chi connectivity index (χ3v) is 1.10. The molecule has 0 radical (unpaired) electrons. The molecular formula is C2HF3O3S. The summed E-state index contributed by atoms with van der Waals surface area (Å²) in [5, 5.41) is -4.85. The van der Waals surface area contributed by atoms with Crippen LogP contribution in [0.15, 0.2) is 0 Å². The zero-order chi connectivity index (χ0) is 7.65. The first-order valence-corrected chi connectivity index (χ1v) is 2.79. The smallest absolute Gasteiger partial charge is 0.253 e. The fourth-order valence-electron chi connectivity index (χ4n) is 0.0718. The normalized spacial score (nSPS) is 12.0. The maximum absolute atomic E-state index is 11.3. The summed E-state index contributed by atoms with van der Waals surface area (Å²) in [6, 6.07) is -3.15. The van der Waals surface area contributed by atoms with E-state index in [-0.39, 0.29) is 0 Å². The molecule has 0 saturated heterocycles. The average Bonchev–Trinajstić information content (AvgIpc) is 1.65. The largest absolute Gasteiger partial charge is 0.430 e. The average molecular weight is 162 g/mol. The highest BCUT2D eigenvalue weighted by atomic mass is 32.2. The van der Waals surface area contributed by atoms with Crippen molar-refractivity contribution in [2.45, 2.75) is 5.25 Å². The molecule has 0 aromatic carbocycles. The topological polar surface area (TPSA) is 51.2 Å². The summed E-state index contributed by atoms with van der Waals surface area (Å²) in [7, 11) is -4.34. The summed E-state index contributed by atoms with van der Waals surface area (Å²) in [6.07, 6.45) is 0. The van der Waals surface area contributed by atoms with E-state index in [1.807, 2.05) is 0 Å². The Morgan fingerprint density at radius 2 is 1.67 bits per heavy atom. The first-order valence-electron chi connectivity index (χ1n) is 1.61. The maximum Gasteiger partial charge on any atom is 0.430 e. The van der Waals surface area contributed by atoms with Gasteiger partial charge in [0.25, 0.3) is 0 Å². The standard InChI is InChI=1S/C2HF3O3S/c3-1(6)2(4,5)9(7)8/h9H. The zero-order valence-corrected chi connectivity index (χ0v) is 4.70. The summed E-state index contributed by atoms with van der Waals surface area (Å²) in [4.78, 5) is 9.11. The second-order valence-electron chi connectivity index (χ2n) is 1.07. The van der Waals surface area contributed by atoms with Crippen LogP contribution in [-0.2, 0) is 15.5 Å². The molecule has 3 nitrogen and oxygen atoms in total. The molecule has 0 aromatic heterocycles. The Morgan fingerprint density at radius 1 is 1.33 bits per heavy atom. The van der Waals surface area contributed by atoms with Crippen molar-refractivity contribution >= 4 is 16.7 Å². The zero-order valence-electron chi connectivity index (χ0n) is 3.81. The summed E-state index contributed by atoms with van der Waals surface area (Å²) < 4.78 is 52.2. The van der Waals surface area contributed by atoms with Crippen LogP contribution in [0.1, 0.15) is 0 Å². The molecule has 0 aliphatic rings. The Kier molecular flexibility index (Phi) is 2.19. The fraction of sp³-hybridized carbons (Fsp3) is 0.500. The molecule has 0 fully saturated rings. The van der Waals surface area contributed by atoms with E-state index in [9.17, 15) is 21.6 Å². The molecule has 0 N–H and O–H groups in total. The maximum atomic E-state index is 11.3. The van der Waals surface area contributed by atoms with E-state index in [1.54, 1.807) is 0 Å². The first kappa shape index (κ1) is 8.41. The van der Waals surface area contributed by atoms with E-state index >= 15 is 0 Å². The van der Waals surface area contributed by atoms with Crippen LogP contribution in [0, 0.1) is 0 Å². The SMILES string of the molecule is O=C(F)C(F)(F)[SH](=O)=O. The second-order valence-corrected chi connectivity index (χ2v) is 2.15. The van der Waals surface area contributed by atoms with Crippen molar-refractivity contribution in [2.75, 3.05) is 0 Å². The lowest BCUT2D eigenvalue weighted by atomic mass is 10.8. The van der Waals surface area contributed by atoms with Crippen molar-refractivity contribution in [3.8, 4) is 0 Å². The molecule has 0 heterocycles. The summed E-state index contributed by atoms with van der Waals surface area (Å²) in [5.74, 6) is 0. The van der Waals surface area contributed by atoms with Gasteiger partial charge in [0.15, 0.2) is 0 Å². The van der Waals surface area contributed by atoms with E-state index in [2.05, 4.69) is 0 Å². The van der Waals surface area contributed by atoms with Crippen LogP contribution in [0.3, 0.4) is 0 Å². The molecule has 0 unspecified atom stereocenters. The number of hydrogen-bond acceptors (Lipinski definition) is 3. The van der Waals surface area contributed by atoms with Crippen molar-refractivity contribution in [3.63, 3.8) is 0 Å². The van der Waals surface area contributed by atoms with Crippen molar-refractivity contribution in [2.24, 2.45) is 0 Å². The Bertz CT molecular complexity index is 187. The van der Waals surface area contributed by atoms with Crippen LogP contribution in [0.4, 0.5) is 13.2 Å². The van der Waals surface area contributed by atoms with Crippen molar-refractivity contribution < 1.29 is 26.4 Å². The summed E-state index contributed by atoms with van der Waals surface area (Å²) >= 11 is 0. The number of rotatable bonds is 2. The predicted octanol–water partition coefficient (Wildman–Crippen LogP) is -0.313. The number of carbonyl (C=O) groups excluding carboxylic acids is 1. The van der Waals surface area contributed by atoms with Gasteiger partial charge in [0, 0.05) is 0 Å².